The summed E-state index contributed by atoms with van der Waals surface area (Å²) in [5, 5.41) is 2.70. The van der Waals surface area contributed by atoms with E-state index in [2.05, 4.69) is 5.32 Å². The van der Waals surface area contributed by atoms with Crippen molar-refractivity contribution in [3.8, 4) is 17.2 Å². The molecule has 0 saturated heterocycles. The number of aromatic nitrogens is 1. The smallest absolute Gasteiger partial charge is 0.338 e. The van der Waals surface area contributed by atoms with Crippen LogP contribution in [0.5, 0.6) is 11.5 Å². The van der Waals surface area contributed by atoms with Gasteiger partial charge in [-0.2, -0.15) is 0 Å². The quantitative estimate of drug-likeness (QED) is 0.619. The number of nitrogens with one attached hydrogen (secondary N) is 1. The van der Waals surface area contributed by atoms with Crippen molar-refractivity contribution in [1.29, 1.82) is 0 Å². The Kier molecular flexibility index (Phi) is 6.19. The van der Waals surface area contributed by atoms with Crippen LogP contribution in [-0.4, -0.2) is 36.8 Å². The summed E-state index contributed by atoms with van der Waals surface area (Å²) in [4.78, 5) is 24.9. The predicted molar refractivity (Wildman–Crippen MR) is 109 cm³/mol. The molecule has 7 heteroatoms. The maximum Gasteiger partial charge on any atom is 0.338 e. The average molecular weight is 394 g/mol. The van der Waals surface area contributed by atoms with Gasteiger partial charge in [0.15, 0.2) is 6.10 Å². The molecule has 0 aliphatic carbocycles. The molecule has 0 spiro atoms. The summed E-state index contributed by atoms with van der Waals surface area (Å²) in [5.41, 5.74) is 1.66. The molecular formula is C22H22N2O5. The minimum atomic E-state index is -0.991. The molecule has 3 aromatic rings. The predicted octanol–water partition coefficient (Wildman–Crippen LogP) is 3.68. The number of anilines is 1. The Morgan fingerprint density at radius 1 is 0.931 bits per heavy atom. The number of esters is 1. The van der Waals surface area contributed by atoms with Crippen LogP contribution in [0.1, 0.15) is 17.3 Å². The molecule has 150 valence electrons. The lowest BCUT2D eigenvalue weighted by molar-refractivity contribution is -0.123. The fourth-order valence-electron chi connectivity index (χ4n) is 2.71. The van der Waals surface area contributed by atoms with Crippen LogP contribution in [0.3, 0.4) is 0 Å². The number of hydrogen-bond acceptors (Lipinski definition) is 5. The summed E-state index contributed by atoms with van der Waals surface area (Å²) in [6, 6.07) is 15.8. The summed E-state index contributed by atoms with van der Waals surface area (Å²) >= 11 is 0. The van der Waals surface area contributed by atoms with E-state index < -0.39 is 18.0 Å². The summed E-state index contributed by atoms with van der Waals surface area (Å²) in [6.45, 7) is 1.51. The largest absolute Gasteiger partial charge is 0.497 e. The van der Waals surface area contributed by atoms with Gasteiger partial charge >= 0.3 is 5.97 Å². The maximum atomic E-state index is 12.5. The lowest BCUT2D eigenvalue weighted by Crippen LogP contribution is -2.30. The van der Waals surface area contributed by atoms with E-state index in [4.69, 9.17) is 14.2 Å². The molecule has 1 unspecified atom stereocenters. The van der Waals surface area contributed by atoms with Gasteiger partial charge in [-0.3, -0.25) is 4.79 Å². The Bertz CT molecular complexity index is 976. The Hall–Kier alpha value is -3.74. The summed E-state index contributed by atoms with van der Waals surface area (Å²) < 4.78 is 17.6. The molecule has 1 amide bonds. The van der Waals surface area contributed by atoms with Gasteiger partial charge in [0.2, 0.25) is 0 Å². The highest BCUT2D eigenvalue weighted by Crippen LogP contribution is 2.26. The second kappa shape index (κ2) is 8.97. The van der Waals surface area contributed by atoms with Gasteiger partial charge in [0.05, 0.1) is 19.8 Å². The second-order valence-electron chi connectivity index (χ2n) is 6.28. The molecule has 1 atom stereocenters. The molecule has 0 bridgehead atoms. The number of amides is 1. The number of benzene rings is 2. The first-order valence-electron chi connectivity index (χ1n) is 8.98. The molecule has 7 nitrogen and oxygen atoms in total. The van der Waals surface area contributed by atoms with Crippen molar-refractivity contribution in [1.82, 2.24) is 4.57 Å². The van der Waals surface area contributed by atoms with Gasteiger partial charge in [-0.05, 0) is 37.3 Å². The highest BCUT2D eigenvalue weighted by molar-refractivity contribution is 5.97. The van der Waals surface area contributed by atoms with Crippen molar-refractivity contribution in [2.75, 3.05) is 19.5 Å². The molecule has 1 heterocycles. The van der Waals surface area contributed by atoms with Crippen molar-refractivity contribution in [2.24, 2.45) is 0 Å². The lowest BCUT2D eigenvalue weighted by atomic mass is 10.2. The summed E-state index contributed by atoms with van der Waals surface area (Å²) in [7, 11) is 3.04. The van der Waals surface area contributed by atoms with Crippen molar-refractivity contribution < 1.29 is 23.8 Å². The minimum Gasteiger partial charge on any atom is -0.497 e. The van der Waals surface area contributed by atoms with Gasteiger partial charge in [-0.25, -0.2) is 4.79 Å². The monoisotopic (exact) mass is 394 g/mol. The van der Waals surface area contributed by atoms with Gasteiger partial charge in [0, 0.05) is 42.0 Å². The van der Waals surface area contributed by atoms with Crippen LogP contribution in [0.2, 0.25) is 0 Å². The van der Waals surface area contributed by atoms with E-state index in [0.717, 1.165) is 5.69 Å². The zero-order valence-electron chi connectivity index (χ0n) is 16.4. The number of hydrogen-bond donors (Lipinski definition) is 1. The van der Waals surface area contributed by atoms with Crippen molar-refractivity contribution >= 4 is 17.6 Å². The first-order valence-corrected chi connectivity index (χ1v) is 8.98. The van der Waals surface area contributed by atoms with E-state index in [0.29, 0.717) is 22.7 Å². The molecule has 2 aromatic carbocycles. The van der Waals surface area contributed by atoms with E-state index in [9.17, 15) is 9.59 Å². The highest BCUT2D eigenvalue weighted by Gasteiger charge is 2.20. The molecule has 3 rings (SSSR count). The van der Waals surface area contributed by atoms with Crippen molar-refractivity contribution in [3.63, 3.8) is 0 Å². The Labute approximate surface area is 168 Å². The Morgan fingerprint density at radius 2 is 1.59 bits per heavy atom. The number of nitrogens with zero attached hydrogens (tertiary/aromatic N) is 1. The number of ether oxygens (including phenoxy) is 3. The minimum absolute atomic E-state index is 0.360. The highest BCUT2D eigenvalue weighted by atomic mass is 16.5. The Morgan fingerprint density at radius 3 is 2.21 bits per heavy atom. The van der Waals surface area contributed by atoms with E-state index in [-0.39, 0.29) is 0 Å². The van der Waals surface area contributed by atoms with Crippen LogP contribution < -0.4 is 14.8 Å². The zero-order valence-corrected chi connectivity index (χ0v) is 16.4. The first kappa shape index (κ1) is 20.0. The first-order chi connectivity index (χ1) is 14.0. The summed E-state index contributed by atoms with van der Waals surface area (Å²) in [6.07, 6.45) is 2.76. The zero-order chi connectivity index (χ0) is 20.8. The fourth-order valence-corrected chi connectivity index (χ4v) is 2.71. The third kappa shape index (κ3) is 4.95. The van der Waals surface area contributed by atoms with Crippen LogP contribution in [0, 0.1) is 0 Å². The molecule has 0 fully saturated rings. The van der Waals surface area contributed by atoms with E-state index >= 15 is 0 Å². The number of rotatable bonds is 7. The molecule has 1 aromatic heterocycles. The van der Waals surface area contributed by atoms with Gasteiger partial charge in [-0.1, -0.05) is 6.07 Å². The van der Waals surface area contributed by atoms with E-state index in [1.54, 1.807) is 36.4 Å². The summed E-state index contributed by atoms with van der Waals surface area (Å²) in [5.74, 6) is 0.0253. The normalized spacial score (nSPS) is 11.4. The van der Waals surface area contributed by atoms with Gasteiger partial charge in [0.1, 0.15) is 11.5 Å². The van der Waals surface area contributed by atoms with Gasteiger partial charge < -0.3 is 24.1 Å². The van der Waals surface area contributed by atoms with Crippen LogP contribution >= 0.6 is 0 Å². The third-order valence-corrected chi connectivity index (χ3v) is 4.26. The van der Waals surface area contributed by atoms with E-state index in [1.165, 1.54) is 21.1 Å². The molecule has 0 saturated carbocycles. The molecule has 0 aliphatic heterocycles. The standard InChI is InChI=1S/C22H22N2O5/c1-15(21(25)23-17-12-19(27-2)14-20(13-17)28-3)29-22(26)16-7-6-8-18(11-16)24-9-4-5-10-24/h4-15H,1-3H3,(H,23,25). The average Bonchev–Trinajstić information content (AvgIpc) is 3.28. The third-order valence-electron chi connectivity index (χ3n) is 4.26. The van der Waals surface area contributed by atoms with Crippen LogP contribution in [0.25, 0.3) is 5.69 Å². The van der Waals surface area contributed by atoms with Crippen molar-refractivity contribution in [3.05, 3.63) is 72.6 Å². The lowest BCUT2D eigenvalue weighted by Gasteiger charge is -2.15. The van der Waals surface area contributed by atoms with Crippen LogP contribution in [0.15, 0.2) is 67.0 Å². The second-order valence-corrected chi connectivity index (χ2v) is 6.28. The van der Waals surface area contributed by atoms with E-state index in [1.807, 2.05) is 35.2 Å². The van der Waals surface area contributed by atoms with Gasteiger partial charge in [-0.15, -0.1) is 0 Å². The Balaban J connectivity index is 1.67. The molecule has 1 N–H and O–H groups in total. The number of carbonyl (C=O) groups excluding carboxylic acids is 2. The number of carbonyl (C=O) groups is 2. The maximum absolute atomic E-state index is 12.5. The van der Waals surface area contributed by atoms with Crippen molar-refractivity contribution in [2.45, 2.75) is 13.0 Å². The molecule has 29 heavy (non-hydrogen) atoms. The van der Waals surface area contributed by atoms with Crippen LogP contribution in [-0.2, 0) is 9.53 Å². The molecule has 0 aliphatic rings. The SMILES string of the molecule is COc1cc(NC(=O)C(C)OC(=O)c2cccc(-n3cccc3)c2)cc(OC)c1. The van der Waals surface area contributed by atoms with Crippen LogP contribution in [0.4, 0.5) is 5.69 Å². The van der Waals surface area contributed by atoms with Gasteiger partial charge in [0.25, 0.3) is 5.91 Å². The fraction of sp³-hybridized carbons (Fsp3) is 0.182. The topological polar surface area (TPSA) is 78.8 Å². The number of methoxy groups -OCH3 is 2. The molecular weight excluding hydrogens is 372 g/mol. The molecule has 0 radical (unpaired) electrons.